The molecule has 1 N–H and O–H groups in total. The van der Waals surface area contributed by atoms with Crippen molar-refractivity contribution in [2.75, 3.05) is 23.7 Å². The predicted molar refractivity (Wildman–Crippen MR) is 172 cm³/mol. The highest BCUT2D eigenvalue weighted by Gasteiger charge is 2.33. The quantitative estimate of drug-likeness (QED) is 0.240. The molecule has 0 aliphatic carbocycles. The predicted octanol–water partition coefficient (Wildman–Crippen LogP) is 6.30. The van der Waals surface area contributed by atoms with Gasteiger partial charge in [-0.3, -0.25) is 13.9 Å². The third-order valence-electron chi connectivity index (χ3n) is 6.87. The van der Waals surface area contributed by atoms with Crippen LogP contribution in [0.25, 0.3) is 0 Å². The smallest absolute Gasteiger partial charge is 0.244 e. The number of amides is 2. The summed E-state index contributed by atoms with van der Waals surface area (Å²) in [6.45, 7) is 7.86. The van der Waals surface area contributed by atoms with Gasteiger partial charge in [0, 0.05) is 35.1 Å². The Bertz CT molecular complexity index is 1440. The van der Waals surface area contributed by atoms with Crippen LogP contribution in [0, 0.1) is 5.92 Å². The van der Waals surface area contributed by atoms with Crippen LogP contribution in [0.4, 0.5) is 5.69 Å². The summed E-state index contributed by atoms with van der Waals surface area (Å²) in [5.41, 5.74) is 2.71. The van der Waals surface area contributed by atoms with E-state index in [-0.39, 0.29) is 30.7 Å². The monoisotopic (exact) mass is 631 g/mol. The summed E-state index contributed by atoms with van der Waals surface area (Å²) in [6, 6.07) is 20.5. The molecule has 0 aromatic heterocycles. The number of rotatable bonds is 13. The molecule has 0 spiro atoms. The third kappa shape index (κ3) is 9.21. The molecule has 1 atom stereocenters. The van der Waals surface area contributed by atoms with E-state index >= 15 is 0 Å². The zero-order valence-electron chi connectivity index (χ0n) is 24.7. The number of hydrogen-bond acceptors (Lipinski definition) is 4. The Morgan fingerprint density at radius 3 is 1.98 bits per heavy atom. The summed E-state index contributed by atoms with van der Waals surface area (Å²) in [5.74, 6) is -0.476. The molecule has 42 heavy (non-hydrogen) atoms. The lowest BCUT2D eigenvalue weighted by atomic mass is 10.0. The molecule has 0 radical (unpaired) electrons. The van der Waals surface area contributed by atoms with Gasteiger partial charge in [-0.05, 0) is 47.2 Å². The lowest BCUT2D eigenvalue weighted by molar-refractivity contribution is -0.140. The van der Waals surface area contributed by atoms with Gasteiger partial charge in [0.05, 0.1) is 11.9 Å². The molecule has 0 saturated heterocycles. The molecule has 2 amide bonds. The molecule has 3 aromatic carbocycles. The largest absolute Gasteiger partial charge is 0.354 e. The maximum Gasteiger partial charge on any atom is 0.244 e. The van der Waals surface area contributed by atoms with Crippen LogP contribution in [-0.2, 0) is 32.6 Å². The van der Waals surface area contributed by atoms with Gasteiger partial charge in [-0.1, -0.05) is 99.4 Å². The second-order valence-electron chi connectivity index (χ2n) is 11.1. The summed E-state index contributed by atoms with van der Waals surface area (Å²) in [5, 5.41) is 3.63. The van der Waals surface area contributed by atoms with E-state index in [9.17, 15) is 18.0 Å². The molecule has 0 bridgehead atoms. The minimum absolute atomic E-state index is 0.0895. The van der Waals surface area contributed by atoms with Gasteiger partial charge in [0.1, 0.15) is 12.6 Å². The Morgan fingerprint density at radius 1 is 0.857 bits per heavy atom. The second kappa shape index (κ2) is 14.9. The topological polar surface area (TPSA) is 86.8 Å². The van der Waals surface area contributed by atoms with Crippen LogP contribution in [0.2, 0.25) is 10.0 Å². The number of halogens is 2. The maximum absolute atomic E-state index is 14.2. The van der Waals surface area contributed by atoms with Gasteiger partial charge in [-0.2, -0.15) is 0 Å². The van der Waals surface area contributed by atoms with Crippen molar-refractivity contribution in [3.63, 3.8) is 0 Å². The van der Waals surface area contributed by atoms with Gasteiger partial charge in [0.25, 0.3) is 0 Å². The number of sulfonamides is 1. The molecular formula is C32H39Cl2N3O4S. The standard InChI is InChI=1S/C32H39Cl2N3O4S/c1-22(2)19-35-32(39)30(18-24-10-7-6-8-11-24)36(20-27-28(33)12-9-13-29(27)34)31(38)21-37(42(5,40)41)26-16-14-25(15-17-26)23(3)4/h6-17,22-23,30H,18-21H2,1-5H3,(H,35,39)/t30-/m1/s1. The first-order valence-corrected chi connectivity index (χ1v) is 16.5. The third-order valence-corrected chi connectivity index (χ3v) is 8.72. The van der Waals surface area contributed by atoms with E-state index in [0.29, 0.717) is 27.8 Å². The molecule has 3 aromatic rings. The Kier molecular flexibility index (Phi) is 11.9. The van der Waals surface area contributed by atoms with Crippen molar-refractivity contribution in [1.82, 2.24) is 10.2 Å². The van der Waals surface area contributed by atoms with Crippen LogP contribution >= 0.6 is 23.2 Å². The van der Waals surface area contributed by atoms with Crippen LogP contribution in [0.1, 0.15) is 50.3 Å². The molecule has 0 fully saturated rings. The molecule has 0 aliphatic rings. The number of carbonyl (C=O) groups is 2. The Balaban J connectivity index is 2.08. The zero-order chi connectivity index (χ0) is 31.0. The number of hydrogen-bond donors (Lipinski definition) is 1. The van der Waals surface area contributed by atoms with Gasteiger partial charge >= 0.3 is 0 Å². The molecule has 7 nitrogen and oxygen atoms in total. The summed E-state index contributed by atoms with van der Waals surface area (Å²) < 4.78 is 27.0. The fourth-order valence-electron chi connectivity index (χ4n) is 4.47. The van der Waals surface area contributed by atoms with Crippen molar-refractivity contribution < 1.29 is 18.0 Å². The van der Waals surface area contributed by atoms with E-state index in [1.165, 1.54) is 4.90 Å². The maximum atomic E-state index is 14.2. The van der Waals surface area contributed by atoms with Gasteiger partial charge in [-0.25, -0.2) is 8.42 Å². The Morgan fingerprint density at radius 2 is 1.45 bits per heavy atom. The number of anilines is 1. The Hall–Kier alpha value is -3.07. The van der Waals surface area contributed by atoms with E-state index in [1.807, 2.05) is 70.2 Å². The highest BCUT2D eigenvalue weighted by Crippen LogP contribution is 2.28. The van der Waals surface area contributed by atoms with Gasteiger partial charge in [0.15, 0.2) is 0 Å². The van der Waals surface area contributed by atoms with E-state index in [2.05, 4.69) is 5.32 Å². The van der Waals surface area contributed by atoms with Crippen LogP contribution in [0.5, 0.6) is 0 Å². The van der Waals surface area contributed by atoms with Crippen LogP contribution in [0.15, 0.2) is 72.8 Å². The summed E-state index contributed by atoms with van der Waals surface area (Å²) in [7, 11) is -3.86. The van der Waals surface area contributed by atoms with E-state index in [4.69, 9.17) is 23.2 Å². The lowest BCUT2D eigenvalue weighted by Crippen LogP contribution is -2.53. The van der Waals surface area contributed by atoms with E-state index in [0.717, 1.165) is 21.7 Å². The molecule has 0 unspecified atom stereocenters. The van der Waals surface area contributed by atoms with Crippen molar-refractivity contribution in [2.45, 2.75) is 52.6 Å². The molecule has 3 rings (SSSR count). The van der Waals surface area contributed by atoms with Crippen molar-refractivity contribution in [1.29, 1.82) is 0 Å². The first-order chi connectivity index (χ1) is 19.8. The highest BCUT2D eigenvalue weighted by atomic mass is 35.5. The molecule has 10 heteroatoms. The van der Waals surface area contributed by atoms with Crippen molar-refractivity contribution in [2.24, 2.45) is 5.92 Å². The molecule has 226 valence electrons. The van der Waals surface area contributed by atoms with Crippen LogP contribution in [-0.4, -0.2) is 50.5 Å². The number of nitrogens with one attached hydrogen (secondary N) is 1. The fraction of sp³-hybridized carbons (Fsp3) is 0.375. The molecule has 0 heterocycles. The van der Waals surface area contributed by atoms with Gasteiger partial charge in [0.2, 0.25) is 21.8 Å². The average molecular weight is 633 g/mol. The van der Waals surface area contributed by atoms with Crippen LogP contribution < -0.4 is 9.62 Å². The number of nitrogens with zero attached hydrogens (tertiary/aromatic N) is 2. The van der Waals surface area contributed by atoms with Crippen molar-refractivity contribution in [3.05, 3.63) is 99.5 Å². The summed E-state index contributed by atoms with van der Waals surface area (Å²) in [4.78, 5) is 29.3. The lowest BCUT2D eigenvalue weighted by Gasteiger charge is -2.34. The van der Waals surface area contributed by atoms with E-state index in [1.54, 1.807) is 30.3 Å². The SMILES string of the molecule is CC(C)CNC(=O)[C@@H](Cc1ccccc1)N(Cc1c(Cl)cccc1Cl)C(=O)CN(c1ccc(C(C)C)cc1)S(C)(=O)=O. The average Bonchev–Trinajstić information content (AvgIpc) is 2.93. The number of carbonyl (C=O) groups excluding carboxylic acids is 2. The summed E-state index contributed by atoms with van der Waals surface area (Å²) in [6.07, 6.45) is 1.27. The first-order valence-electron chi connectivity index (χ1n) is 13.9. The van der Waals surface area contributed by atoms with Crippen molar-refractivity contribution >= 4 is 50.7 Å². The molecule has 0 aliphatic heterocycles. The van der Waals surface area contributed by atoms with Crippen LogP contribution in [0.3, 0.4) is 0 Å². The van der Waals surface area contributed by atoms with Gasteiger partial charge in [-0.15, -0.1) is 0 Å². The Labute approximate surface area is 259 Å². The minimum atomic E-state index is -3.86. The minimum Gasteiger partial charge on any atom is -0.354 e. The highest BCUT2D eigenvalue weighted by molar-refractivity contribution is 7.92. The fourth-order valence-corrected chi connectivity index (χ4v) is 5.84. The molecular weight excluding hydrogens is 593 g/mol. The van der Waals surface area contributed by atoms with Gasteiger partial charge < -0.3 is 10.2 Å². The first kappa shape index (κ1) is 33.4. The number of benzene rings is 3. The molecule has 0 saturated carbocycles. The van der Waals surface area contributed by atoms with E-state index < -0.39 is 28.5 Å². The van der Waals surface area contributed by atoms with Crippen molar-refractivity contribution in [3.8, 4) is 0 Å². The second-order valence-corrected chi connectivity index (χ2v) is 13.8. The summed E-state index contributed by atoms with van der Waals surface area (Å²) >= 11 is 13.0. The zero-order valence-corrected chi connectivity index (χ0v) is 27.0. The normalized spacial score (nSPS) is 12.3.